The third kappa shape index (κ3) is 2.65. The number of nitrogens with two attached hydrogens (primary N) is 1. The first-order valence-electron chi connectivity index (χ1n) is 6.70. The molecular formula is C14H16N4OS. The summed E-state index contributed by atoms with van der Waals surface area (Å²) in [5, 5.41) is 6.92. The molecule has 2 aromatic rings. The van der Waals surface area contributed by atoms with E-state index >= 15 is 0 Å². The number of hydrogen-bond donors (Lipinski definition) is 2. The summed E-state index contributed by atoms with van der Waals surface area (Å²) in [6.45, 7) is 0. The average molecular weight is 288 g/mol. The van der Waals surface area contributed by atoms with Crippen LogP contribution >= 0.6 is 11.3 Å². The fourth-order valence-corrected chi connectivity index (χ4v) is 3.09. The van der Waals surface area contributed by atoms with E-state index in [1.54, 1.807) is 17.5 Å². The SMILES string of the molecule is Nc1ncc(-c2ccsc2)nc1C(=O)NC1CCCC1. The van der Waals surface area contributed by atoms with Crippen molar-refractivity contribution in [1.29, 1.82) is 0 Å². The zero-order valence-corrected chi connectivity index (χ0v) is 11.8. The Morgan fingerprint density at radius 1 is 1.40 bits per heavy atom. The van der Waals surface area contributed by atoms with E-state index in [0.717, 1.165) is 18.4 Å². The Hall–Kier alpha value is -1.95. The molecule has 2 heterocycles. The van der Waals surface area contributed by atoms with Gasteiger partial charge in [0.05, 0.1) is 11.9 Å². The zero-order valence-electron chi connectivity index (χ0n) is 11.0. The second-order valence-corrected chi connectivity index (χ2v) is 5.74. The summed E-state index contributed by atoms with van der Waals surface area (Å²) in [7, 11) is 0. The maximum atomic E-state index is 12.3. The molecule has 0 bridgehead atoms. The third-order valence-electron chi connectivity index (χ3n) is 3.52. The molecule has 0 atom stereocenters. The highest BCUT2D eigenvalue weighted by molar-refractivity contribution is 7.08. The molecule has 2 aromatic heterocycles. The molecule has 104 valence electrons. The van der Waals surface area contributed by atoms with Crippen LogP contribution in [0.25, 0.3) is 11.3 Å². The Morgan fingerprint density at radius 3 is 2.90 bits per heavy atom. The van der Waals surface area contributed by atoms with Crippen LogP contribution in [0.3, 0.4) is 0 Å². The van der Waals surface area contributed by atoms with E-state index in [-0.39, 0.29) is 23.5 Å². The predicted octanol–water partition coefficient (Wildman–Crippen LogP) is 2.46. The van der Waals surface area contributed by atoms with Gasteiger partial charge in [-0.25, -0.2) is 9.97 Å². The molecule has 20 heavy (non-hydrogen) atoms. The van der Waals surface area contributed by atoms with Crippen molar-refractivity contribution in [2.75, 3.05) is 5.73 Å². The van der Waals surface area contributed by atoms with Gasteiger partial charge in [0.1, 0.15) is 0 Å². The van der Waals surface area contributed by atoms with Gasteiger partial charge in [0.2, 0.25) is 0 Å². The molecule has 1 aliphatic carbocycles. The number of hydrogen-bond acceptors (Lipinski definition) is 5. The summed E-state index contributed by atoms with van der Waals surface area (Å²) in [5.74, 6) is -0.0431. The lowest BCUT2D eigenvalue weighted by Gasteiger charge is -2.12. The van der Waals surface area contributed by atoms with Crippen LogP contribution in [0.5, 0.6) is 0 Å². The summed E-state index contributed by atoms with van der Waals surface area (Å²) in [4.78, 5) is 20.7. The molecule has 0 aliphatic heterocycles. The highest BCUT2D eigenvalue weighted by Crippen LogP contribution is 2.22. The minimum Gasteiger partial charge on any atom is -0.382 e. The van der Waals surface area contributed by atoms with Gasteiger partial charge in [0, 0.05) is 17.0 Å². The molecule has 0 saturated heterocycles. The van der Waals surface area contributed by atoms with Crippen LogP contribution in [-0.2, 0) is 0 Å². The fourth-order valence-electron chi connectivity index (χ4n) is 2.44. The Labute approximate surface area is 121 Å². The van der Waals surface area contributed by atoms with E-state index in [9.17, 15) is 4.79 Å². The second kappa shape index (κ2) is 5.58. The van der Waals surface area contributed by atoms with Crippen LogP contribution in [0.2, 0.25) is 0 Å². The summed E-state index contributed by atoms with van der Waals surface area (Å²) in [6, 6.07) is 2.19. The minimum atomic E-state index is -0.223. The number of nitrogen functional groups attached to an aromatic ring is 1. The van der Waals surface area contributed by atoms with Gasteiger partial charge in [-0.1, -0.05) is 12.8 Å². The molecule has 0 radical (unpaired) electrons. The maximum Gasteiger partial charge on any atom is 0.273 e. The van der Waals surface area contributed by atoms with Gasteiger partial charge in [-0.05, 0) is 24.3 Å². The van der Waals surface area contributed by atoms with E-state index in [0.29, 0.717) is 5.69 Å². The summed E-state index contributed by atoms with van der Waals surface area (Å²) in [6.07, 6.45) is 6.00. The van der Waals surface area contributed by atoms with Crippen molar-refractivity contribution in [3.63, 3.8) is 0 Å². The maximum absolute atomic E-state index is 12.3. The van der Waals surface area contributed by atoms with Gasteiger partial charge in [-0.15, -0.1) is 0 Å². The Bertz CT molecular complexity index is 606. The topological polar surface area (TPSA) is 80.9 Å². The lowest BCUT2D eigenvalue weighted by molar-refractivity contribution is 0.0933. The van der Waals surface area contributed by atoms with Crippen molar-refractivity contribution < 1.29 is 4.79 Å². The molecule has 0 spiro atoms. The summed E-state index contributed by atoms with van der Waals surface area (Å²) in [5.41, 5.74) is 7.64. The highest BCUT2D eigenvalue weighted by Gasteiger charge is 2.21. The lowest BCUT2D eigenvalue weighted by Crippen LogP contribution is -2.33. The third-order valence-corrected chi connectivity index (χ3v) is 4.21. The second-order valence-electron chi connectivity index (χ2n) is 4.96. The number of nitrogens with zero attached hydrogens (tertiary/aromatic N) is 2. The van der Waals surface area contributed by atoms with Gasteiger partial charge in [0.15, 0.2) is 11.5 Å². The zero-order chi connectivity index (χ0) is 13.9. The molecule has 0 aromatic carbocycles. The van der Waals surface area contributed by atoms with Crippen LogP contribution in [0, 0.1) is 0 Å². The number of carbonyl (C=O) groups is 1. The number of aromatic nitrogens is 2. The van der Waals surface area contributed by atoms with Crippen molar-refractivity contribution in [2.24, 2.45) is 0 Å². The fraction of sp³-hybridized carbons (Fsp3) is 0.357. The first-order valence-corrected chi connectivity index (χ1v) is 7.64. The lowest BCUT2D eigenvalue weighted by atomic mass is 10.2. The molecule has 3 rings (SSSR count). The summed E-state index contributed by atoms with van der Waals surface area (Å²) >= 11 is 1.58. The first kappa shape index (κ1) is 13.1. The number of amides is 1. The van der Waals surface area contributed by atoms with Crippen molar-refractivity contribution in [3.05, 3.63) is 28.7 Å². The molecule has 0 unspecified atom stereocenters. The Morgan fingerprint density at radius 2 is 2.20 bits per heavy atom. The van der Waals surface area contributed by atoms with E-state index in [2.05, 4.69) is 15.3 Å². The van der Waals surface area contributed by atoms with E-state index < -0.39 is 0 Å². The Balaban J connectivity index is 1.84. The van der Waals surface area contributed by atoms with Gasteiger partial charge in [0.25, 0.3) is 5.91 Å². The van der Waals surface area contributed by atoms with Crippen molar-refractivity contribution in [1.82, 2.24) is 15.3 Å². The first-order chi connectivity index (χ1) is 9.74. The monoisotopic (exact) mass is 288 g/mol. The van der Waals surface area contributed by atoms with Crippen LogP contribution in [0.1, 0.15) is 36.2 Å². The van der Waals surface area contributed by atoms with Crippen molar-refractivity contribution in [3.8, 4) is 11.3 Å². The average Bonchev–Trinajstić information content (AvgIpc) is 3.11. The highest BCUT2D eigenvalue weighted by atomic mass is 32.1. The Kier molecular flexibility index (Phi) is 3.64. The largest absolute Gasteiger partial charge is 0.382 e. The normalized spacial score (nSPS) is 15.4. The van der Waals surface area contributed by atoms with Gasteiger partial charge < -0.3 is 11.1 Å². The molecule has 3 N–H and O–H groups in total. The molecule has 5 nitrogen and oxygen atoms in total. The van der Waals surface area contributed by atoms with Crippen LogP contribution in [-0.4, -0.2) is 21.9 Å². The van der Waals surface area contributed by atoms with Crippen molar-refractivity contribution >= 4 is 23.1 Å². The van der Waals surface area contributed by atoms with Gasteiger partial charge in [-0.3, -0.25) is 4.79 Å². The van der Waals surface area contributed by atoms with E-state index in [1.807, 2.05) is 16.8 Å². The standard InChI is InChI=1S/C14H16N4OS/c15-13-12(14(19)17-10-3-1-2-4-10)18-11(7-16-13)9-5-6-20-8-9/h5-8,10H,1-4H2,(H2,15,16)(H,17,19). The summed E-state index contributed by atoms with van der Waals surface area (Å²) < 4.78 is 0. The number of thiophene rings is 1. The molecule has 1 fully saturated rings. The van der Waals surface area contributed by atoms with Crippen molar-refractivity contribution in [2.45, 2.75) is 31.7 Å². The predicted molar refractivity (Wildman–Crippen MR) is 79.5 cm³/mol. The molecule has 1 aliphatic rings. The van der Waals surface area contributed by atoms with Crippen LogP contribution in [0.4, 0.5) is 5.82 Å². The molecular weight excluding hydrogens is 272 g/mol. The van der Waals surface area contributed by atoms with Crippen LogP contribution < -0.4 is 11.1 Å². The smallest absolute Gasteiger partial charge is 0.273 e. The number of carbonyl (C=O) groups excluding carboxylic acids is 1. The number of nitrogens with one attached hydrogen (secondary N) is 1. The number of anilines is 1. The quantitative estimate of drug-likeness (QED) is 0.909. The minimum absolute atomic E-state index is 0.180. The van der Waals surface area contributed by atoms with Gasteiger partial charge >= 0.3 is 0 Å². The van der Waals surface area contributed by atoms with Crippen LogP contribution in [0.15, 0.2) is 23.0 Å². The van der Waals surface area contributed by atoms with E-state index in [4.69, 9.17) is 5.73 Å². The molecule has 6 heteroatoms. The number of rotatable bonds is 3. The molecule has 1 saturated carbocycles. The molecule has 1 amide bonds. The van der Waals surface area contributed by atoms with E-state index in [1.165, 1.54) is 12.8 Å². The van der Waals surface area contributed by atoms with Gasteiger partial charge in [-0.2, -0.15) is 11.3 Å².